The van der Waals surface area contributed by atoms with Gasteiger partial charge in [0.1, 0.15) is 6.10 Å². The van der Waals surface area contributed by atoms with E-state index in [1.54, 1.807) is 12.4 Å². The van der Waals surface area contributed by atoms with Crippen molar-refractivity contribution >= 4 is 10.0 Å². The van der Waals surface area contributed by atoms with Gasteiger partial charge in [0.2, 0.25) is 10.0 Å². The summed E-state index contributed by atoms with van der Waals surface area (Å²) in [6.45, 7) is 1.26. The molecule has 1 aliphatic carbocycles. The predicted molar refractivity (Wildman–Crippen MR) is 77.1 cm³/mol. The van der Waals surface area contributed by atoms with E-state index in [-0.39, 0.29) is 18.2 Å². The van der Waals surface area contributed by atoms with Crippen molar-refractivity contribution in [3.05, 3.63) is 30.1 Å². The fraction of sp³-hybridized carbons (Fsp3) is 0.643. The summed E-state index contributed by atoms with van der Waals surface area (Å²) in [7, 11) is -3.24. The topological polar surface area (TPSA) is 68.7 Å². The molecule has 1 aromatic heterocycles. The molecular formula is C14H20N2O4S. The largest absolute Gasteiger partial charge is 0.374 e. The SMILES string of the molecule is CS(=O)(=O)N1CCO[C@H]2CC[C@H]1[C@H]2OCc1cccnc1. The lowest BCUT2D eigenvalue weighted by Gasteiger charge is -2.29. The summed E-state index contributed by atoms with van der Waals surface area (Å²) < 4.78 is 37.2. The number of ether oxygens (including phenoxy) is 2. The highest BCUT2D eigenvalue weighted by Crippen LogP contribution is 2.33. The van der Waals surface area contributed by atoms with Gasteiger partial charge in [-0.2, -0.15) is 4.31 Å². The van der Waals surface area contributed by atoms with Crippen LogP contribution in [-0.4, -0.2) is 55.4 Å². The Morgan fingerprint density at radius 2 is 2.33 bits per heavy atom. The monoisotopic (exact) mass is 312 g/mol. The minimum atomic E-state index is -3.24. The Hall–Kier alpha value is -1.02. The summed E-state index contributed by atoms with van der Waals surface area (Å²) in [6.07, 6.45) is 6.13. The molecule has 1 aromatic rings. The molecule has 0 aromatic carbocycles. The third-order valence-electron chi connectivity index (χ3n) is 4.10. The van der Waals surface area contributed by atoms with E-state index in [0.717, 1.165) is 18.4 Å². The van der Waals surface area contributed by atoms with Crippen molar-refractivity contribution in [3.63, 3.8) is 0 Å². The summed E-state index contributed by atoms with van der Waals surface area (Å²) in [4.78, 5) is 4.06. The highest BCUT2D eigenvalue weighted by Gasteiger charge is 2.45. The Labute approximate surface area is 125 Å². The Morgan fingerprint density at radius 1 is 1.48 bits per heavy atom. The number of rotatable bonds is 4. The van der Waals surface area contributed by atoms with E-state index in [4.69, 9.17) is 9.47 Å². The second kappa shape index (κ2) is 6.00. The number of pyridine rings is 1. The minimum absolute atomic E-state index is 0.0154. The van der Waals surface area contributed by atoms with Crippen molar-refractivity contribution in [3.8, 4) is 0 Å². The Kier molecular flexibility index (Phi) is 4.26. The van der Waals surface area contributed by atoms with Gasteiger partial charge in [0.25, 0.3) is 0 Å². The molecule has 1 aliphatic heterocycles. The predicted octanol–water partition coefficient (Wildman–Crippen LogP) is 0.790. The van der Waals surface area contributed by atoms with Crippen LogP contribution in [-0.2, 0) is 26.1 Å². The van der Waals surface area contributed by atoms with E-state index in [0.29, 0.717) is 19.8 Å². The lowest BCUT2D eigenvalue weighted by atomic mass is 10.2. The van der Waals surface area contributed by atoms with Crippen molar-refractivity contribution in [1.82, 2.24) is 9.29 Å². The van der Waals surface area contributed by atoms with E-state index >= 15 is 0 Å². The molecule has 2 aliphatic rings. The molecule has 0 spiro atoms. The van der Waals surface area contributed by atoms with Gasteiger partial charge in [0.15, 0.2) is 0 Å². The molecule has 2 bridgehead atoms. The van der Waals surface area contributed by atoms with Gasteiger partial charge in [-0.1, -0.05) is 6.07 Å². The van der Waals surface area contributed by atoms with Crippen molar-refractivity contribution in [1.29, 1.82) is 0 Å². The van der Waals surface area contributed by atoms with Crippen LogP contribution in [0.3, 0.4) is 0 Å². The van der Waals surface area contributed by atoms with Crippen LogP contribution in [0.5, 0.6) is 0 Å². The third-order valence-corrected chi connectivity index (χ3v) is 5.40. The molecule has 7 heteroatoms. The normalized spacial score (nSPS) is 30.2. The molecule has 2 fully saturated rings. The zero-order chi connectivity index (χ0) is 14.9. The molecule has 21 heavy (non-hydrogen) atoms. The second-order valence-electron chi connectivity index (χ2n) is 5.56. The average Bonchev–Trinajstić information content (AvgIpc) is 2.71. The molecule has 3 rings (SSSR count). The smallest absolute Gasteiger partial charge is 0.211 e. The summed E-state index contributed by atoms with van der Waals surface area (Å²) >= 11 is 0. The highest BCUT2D eigenvalue weighted by atomic mass is 32.2. The van der Waals surface area contributed by atoms with Crippen molar-refractivity contribution in [2.75, 3.05) is 19.4 Å². The summed E-state index contributed by atoms with van der Waals surface area (Å²) in [5, 5.41) is 0. The zero-order valence-corrected chi connectivity index (χ0v) is 12.8. The Balaban J connectivity index is 1.74. The molecule has 6 nitrogen and oxygen atoms in total. The van der Waals surface area contributed by atoms with Crippen LogP contribution >= 0.6 is 0 Å². The van der Waals surface area contributed by atoms with Gasteiger partial charge in [-0.3, -0.25) is 4.98 Å². The van der Waals surface area contributed by atoms with Crippen molar-refractivity contribution < 1.29 is 17.9 Å². The molecule has 1 saturated carbocycles. The van der Waals surface area contributed by atoms with Crippen LogP contribution in [0.4, 0.5) is 0 Å². The fourth-order valence-electron chi connectivity index (χ4n) is 3.16. The molecule has 1 saturated heterocycles. The molecule has 0 unspecified atom stereocenters. The quantitative estimate of drug-likeness (QED) is 0.822. The summed E-state index contributed by atoms with van der Waals surface area (Å²) in [5.41, 5.74) is 0.979. The van der Waals surface area contributed by atoms with Gasteiger partial charge in [0.05, 0.1) is 31.6 Å². The van der Waals surface area contributed by atoms with Gasteiger partial charge in [-0.05, 0) is 24.5 Å². The Morgan fingerprint density at radius 3 is 3.05 bits per heavy atom. The van der Waals surface area contributed by atoms with Crippen LogP contribution in [0.25, 0.3) is 0 Å². The van der Waals surface area contributed by atoms with E-state index in [9.17, 15) is 8.42 Å². The molecule has 0 radical (unpaired) electrons. The standard InChI is InChI=1S/C14H20N2O4S/c1-21(17,18)16-7-8-19-13-5-4-12(16)14(13)20-10-11-3-2-6-15-9-11/h2-3,6,9,12-14H,4-5,7-8,10H2,1H3/t12-,13-,14+/m0/s1. The number of nitrogens with zero attached hydrogens (tertiary/aromatic N) is 2. The van der Waals surface area contributed by atoms with Crippen molar-refractivity contribution in [2.24, 2.45) is 0 Å². The van der Waals surface area contributed by atoms with Gasteiger partial charge in [-0.15, -0.1) is 0 Å². The number of hydrogen-bond acceptors (Lipinski definition) is 5. The maximum atomic E-state index is 12.0. The van der Waals surface area contributed by atoms with Gasteiger partial charge >= 0.3 is 0 Å². The van der Waals surface area contributed by atoms with Crippen LogP contribution in [0.2, 0.25) is 0 Å². The first-order valence-corrected chi connectivity index (χ1v) is 8.99. The molecule has 0 amide bonds. The van der Waals surface area contributed by atoms with Crippen LogP contribution in [0, 0.1) is 0 Å². The Bertz CT molecular complexity index is 578. The molecular weight excluding hydrogens is 292 g/mol. The maximum absolute atomic E-state index is 12.0. The molecule has 0 N–H and O–H groups in total. The number of hydrogen-bond donors (Lipinski definition) is 0. The number of aromatic nitrogens is 1. The highest BCUT2D eigenvalue weighted by molar-refractivity contribution is 7.88. The van der Waals surface area contributed by atoms with Crippen LogP contribution in [0.15, 0.2) is 24.5 Å². The summed E-state index contributed by atoms with van der Waals surface area (Å²) in [6, 6.07) is 3.68. The first-order valence-electron chi connectivity index (χ1n) is 7.14. The first-order chi connectivity index (χ1) is 10.1. The lowest BCUT2D eigenvalue weighted by Crippen LogP contribution is -2.45. The number of fused-ring (bicyclic) bond motifs is 2. The minimum Gasteiger partial charge on any atom is -0.374 e. The molecule has 3 atom stereocenters. The average molecular weight is 312 g/mol. The van der Waals surface area contributed by atoms with E-state index < -0.39 is 10.0 Å². The van der Waals surface area contributed by atoms with Gasteiger partial charge in [0, 0.05) is 18.9 Å². The fourth-order valence-corrected chi connectivity index (χ4v) is 4.29. The van der Waals surface area contributed by atoms with E-state index in [2.05, 4.69) is 4.98 Å². The third kappa shape index (κ3) is 3.26. The lowest BCUT2D eigenvalue weighted by molar-refractivity contribution is -0.0583. The maximum Gasteiger partial charge on any atom is 0.211 e. The van der Waals surface area contributed by atoms with Gasteiger partial charge in [-0.25, -0.2) is 8.42 Å². The van der Waals surface area contributed by atoms with Gasteiger partial charge < -0.3 is 9.47 Å². The number of sulfonamides is 1. The second-order valence-corrected chi connectivity index (χ2v) is 7.50. The summed E-state index contributed by atoms with van der Waals surface area (Å²) in [5.74, 6) is 0. The zero-order valence-electron chi connectivity index (χ0n) is 12.0. The van der Waals surface area contributed by atoms with E-state index in [1.165, 1.54) is 10.6 Å². The van der Waals surface area contributed by atoms with Crippen LogP contribution in [0.1, 0.15) is 18.4 Å². The molecule has 116 valence electrons. The van der Waals surface area contributed by atoms with Crippen molar-refractivity contribution in [2.45, 2.75) is 37.7 Å². The van der Waals surface area contributed by atoms with E-state index in [1.807, 2.05) is 12.1 Å². The van der Waals surface area contributed by atoms with Crippen LogP contribution < -0.4 is 0 Å². The molecule has 2 heterocycles. The first kappa shape index (κ1) is 14.9.